The quantitative estimate of drug-likeness (QED) is 0.923. The van der Waals surface area contributed by atoms with Gasteiger partial charge in [0.1, 0.15) is 17.1 Å². The summed E-state index contributed by atoms with van der Waals surface area (Å²) in [5.74, 6) is 0.773. The molecule has 0 aromatic heterocycles. The van der Waals surface area contributed by atoms with Crippen LogP contribution in [0.15, 0.2) is 18.2 Å². The third kappa shape index (κ3) is 3.80. The van der Waals surface area contributed by atoms with Crippen molar-refractivity contribution in [2.45, 2.75) is 25.0 Å². The molecule has 0 spiro atoms. The Kier molecular flexibility index (Phi) is 4.96. The molecular weight excluding hydrogens is 315 g/mol. The molecule has 1 saturated heterocycles. The van der Waals surface area contributed by atoms with Gasteiger partial charge in [0.25, 0.3) is 5.91 Å². The van der Waals surface area contributed by atoms with E-state index in [1.165, 1.54) is 12.1 Å². The number of nitrogens with one attached hydrogen (secondary N) is 1. The van der Waals surface area contributed by atoms with Gasteiger partial charge >= 0.3 is 0 Å². The first kappa shape index (κ1) is 15.9. The van der Waals surface area contributed by atoms with Crippen LogP contribution in [0, 0.1) is 17.1 Å². The first-order valence-electron chi connectivity index (χ1n) is 6.38. The fraction of sp³-hybridized carbons (Fsp3) is 0.429. The van der Waals surface area contributed by atoms with Crippen LogP contribution in [-0.2, 0) is 4.79 Å². The second kappa shape index (κ2) is 6.54. The lowest BCUT2D eigenvalue weighted by atomic mass is 10.0. The summed E-state index contributed by atoms with van der Waals surface area (Å²) in [5.41, 5.74) is -0.827. The first-order chi connectivity index (χ1) is 9.96. The molecule has 0 aliphatic carbocycles. The van der Waals surface area contributed by atoms with Gasteiger partial charge in [0.15, 0.2) is 6.10 Å². The molecule has 1 N–H and O–H groups in total. The molecule has 2 rings (SSSR count). The summed E-state index contributed by atoms with van der Waals surface area (Å²) in [4.78, 5) is 12.1. The average Bonchev–Trinajstić information content (AvgIpc) is 2.91. The SMILES string of the molecule is C[C@H](Oc1ccc(F)cc1Cl)C(=O)N[C@@]1(C#N)CCSC1. The Labute approximate surface area is 131 Å². The molecule has 0 bridgehead atoms. The number of nitrogens with zero attached hydrogens (tertiary/aromatic N) is 1. The van der Waals surface area contributed by atoms with Crippen molar-refractivity contribution in [2.75, 3.05) is 11.5 Å². The number of carbonyl (C=O) groups excluding carboxylic acids is 1. The summed E-state index contributed by atoms with van der Waals surface area (Å²) in [6.07, 6.45) is -0.215. The molecule has 112 valence electrons. The predicted octanol–water partition coefficient (Wildman–Crippen LogP) is 2.76. The number of nitriles is 1. The van der Waals surface area contributed by atoms with Gasteiger partial charge in [-0.2, -0.15) is 17.0 Å². The highest BCUT2D eigenvalue weighted by Crippen LogP contribution is 2.28. The van der Waals surface area contributed by atoms with Crippen LogP contribution >= 0.6 is 23.4 Å². The second-order valence-corrected chi connectivity index (χ2v) is 6.33. The van der Waals surface area contributed by atoms with Gasteiger partial charge in [-0.05, 0) is 37.3 Å². The summed E-state index contributed by atoms with van der Waals surface area (Å²) >= 11 is 7.48. The minimum Gasteiger partial charge on any atom is -0.479 e. The molecule has 1 heterocycles. The lowest BCUT2D eigenvalue weighted by Crippen LogP contribution is -2.51. The molecule has 21 heavy (non-hydrogen) atoms. The fourth-order valence-corrected chi connectivity index (χ4v) is 3.41. The van der Waals surface area contributed by atoms with Crippen LogP contribution in [0.3, 0.4) is 0 Å². The lowest BCUT2D eigenvalue weighted by molar-refractivity contribution is -0.128. The fourth-order valence-electron chi connectivity index (χ4n) is 1.93. The van der Waals surface area contributed by atoms with Gasteiger partial charge in [0, 0.05) is 5.75 Å². The lowest BCUT2D eigenvalue weighted by Gasteiger charge is -2.24. The second-order valence-electron chi connectivity index (χ2n) is 4.82. The van der Waals surface area contributed by atoms with Crippen LogP contribution in [0.5, 0.6) is 5.75 Å². The predicted molar refractivity (Wildman–Crippen MR) is 79.9 cm³/mol. The average molecular weight is 329 g/mol. The van der Waals surface area contributed by atoms with Crippen LogP contribution in [0.1, 0.15) is 13.3 Å². The number of rotatable bonds is 4. The Morgan fingerprint density at radius 2 is 2.43 bits per heavy atom. The summed E-state index contributed by atoms with van der Waals surface area (Å²) in [5, 5.41) is 12.1. The van der Waals surface area contributed by atoms with E-state index in [2.05, 4.69) is 11.4 Å². The summed E-state index contributed by atoms with van der Waals surface area (Å²) < 4.78 is 18.4. The van der Waals surface area contributed by atoms with E-state index < -0.39 is 17.5 Å². The maximum absolute atomic E-state index is 13.0. The Morgan fingerprint density at radius 1 is 1.67 bits per heavy atom. The van der Waals surface area contributed by atoms with Gasteiger partial charge in [-0.1, -0.05) is 11.6 Å². The number of amides is 1. The molecule has 1 aromatic carbocycles. The number of benzene rings is 1. The topological polar surface area (TPSA) is 62.1 Å². The van der Waals surface area contributed by atoms with E-state index in [9.17, 15) is 14.4 Å². The zero-order valence-corrected chi connectivity index (χ0v) is 12.9. The number of thioether (sulfide) groups is 1. The van der Waals surface area contributed by atoms with E-state index in [1.807, 2.05) is 0 Å². The van der Waals surface area contributed by atoms with Crippen molar-refractivity contribution in [1.82, 2.24) is 5.32 Å². The van der Waals surface area contributed by atoms with Gasteiger partial charge in [-0.25, -0.2) is 4.39 Å². The van der Waals surface area contributed by atoms with Crippen LogP contribution < -0.4 is 10.1 Å². The molecule has 1 aromatic rings. The van der Waals surface area contributed by atoms with Crippen molar-refractivity contribution >= 4 is 29.3 Å². The van der Waals surface area contributed by atoms with Gasteiger partial charge in [-0.3, -0.25) is 4.79 Å². The van der Waals surface area contributed by atoms with Crippen molar-refractivity contribution in [2.24, 2.45) is 0 Å². The molecular formula is C14H14ClFN2O2S. The van der Waals surface area contributed by atoms with Crippen LogP contribution in [0.4, 0.5) is 4.39 Å². The molecule has 1 aliphatic heterocycles. The maximum atomic E-state index is 13.0. The molecule has 4 nitrogen and oxygen atoms in total. The minimum absolute atomic E-state index is 0.0982. The molecule has 0 radical (unpaired) electrons. The number of carbonyl (C=O) groups is 1. The van der Waals surface area contributed by atoms with E-state index in [4.69, 9.17) is 16.3 Å². The standard InChI is InChI=1S/C14H14ClFN2O2S/c1-9(20-12-3-2-10(16)6-11(12)15)13(19)18-14(7-17)4-5-21-8-14/h2-3,6,9H,4-5,8H2,1H3,(H,18,19)/t9-,14+/m0/s1. The van der Waals surface area contributed by atoms with Gasteiger partial charge in [0.2, 0.25) is 0 Å². The number of halogens is 2. The van der Waals surface area contributed by atoms with Crippen LogP contribution in [0.25, 0.3) is 0 Å². The normalized spacial score (nSPS) is 22.4. The van der Waals surface area contributed by atoms with Gasteiger partial charge in [-0.15, -0.1) is 0 Å². The highest BCUT2D eigenvalue weighted by atomic mass is 35.5. The third-order valence-electron chi connectivity index (χ3n) is 3.17. The van der Waals surface area contributed by atoms with E-state index in [0.717, 1.165) is 11.8 Å². The Hall–Kier alpha value is -1.45. The molecule has 7 heteroatoms. The van der Waals surface area contributed by atoms with Crippen molar-refractivity contribution in [3.05, 3.63) is 29.0 Å². The smallest absolute Gasteiger partial charge is 0.262 e. The van der Waals surface area contributed by atoms with Crippen molar-refractivity contribution in [1.29, 1.82) is 5.26 Å². The summed E-state index contributed by atoms with van der Waals surface area (Å²) in [7, 11) is 0. The van der Waals surface area contributed by atoms with E-state index in [0.29, 0.717) is 12.2 Å². The van der Waals surface area contributed by atoms with Crippen LogP contribution in [0.2, 0.25) is 5.02 Å². The minimum atomic E-state index is -0.830. The van der Waals surface area contributed by atoms with E-state index in [-0.39, 0.29) is 16.7 Å². The number of hydrogen-bond donors (Lipinski definition) is 1. The van der Waals surface area contributed by atoms with Crippen molar-refractivity contribution < 1.29 is 13.9 Å². The largest absolute Gasteiger partial charge is 0.479 e. The Bertz CT molecular complexity index is 585. The zero-order valence-electron chi connectivity index (χ0n) is 11.4. The van der Waals surface area contributed by atoms with Crippen molar-refractivity contribution in [3.8, 4) is 11.8 Å². The Morgan fingerprint density at radius 3 is 3.00 bits per heavy atom. The summed E-state index contributed by atoms with van der Waals surface area (Å²) in [6, 6.07) is 5.85. The molecule has 0 saturated carbocycles. The monoisotopic (exact) mass is 328 g/mol. The first-order valence-corrected chi connectivity index (χ1v) is 7.92. The molecule has 2 atom stereocenters. The molecule has 1 fully saturated rings. The highest BCUT2D eigenvalue weighted by molar-refractivity contribution is 7.99. The Balaban J connectivity index is 2.01. The molecule has 0 unspecified atom stereocenters. The van der Waals surface area contributed by atoms with Crippen molar-refractivity contribution in [3.63, 3.8) is 0 Å². The van der Waals surface area contributed by atoms with Gasteiger partial charge < -0.3 is 10.1 Å². The summed E-state index contributed by atoms with van der Waals surface area (Å²) in [6.45, 7) is 1.56. The van der Waals surface area contributed by atoms with Gasteiger partial charge in [0.05, 0.1) is 11.1 Å². The highest BCUT2D eigenvalue weighted by Gasteiger charge is 2.37. The molecule has 1 amide bonds. The molecule has 1 aliphatic rings. The third-order valence-corrected chi connectivity index (χ3v) is 4.65. The maximum Gasteiger partial charge on any atom is 0.262 e. The van der Waals surface area contributed by atoms with E-state index >= 15 is 0 Å². The zero-order chi connectivity index (χ0) is 15.5. The van der Waals surface area contributed by atoms with E-state index in [1.54, 1.807) is 18.7 Å². The number of hydrogen-bond acceptors (Lipinski definition) is 4. The van der Waals surface area contributed by atoms with Crippen LogP contribution in [-0.4, -0.2) is 29.1 Å². The number of ether oxygens (including phenoxy) is 1.